The molecule has 150 valence electrons. The van der Waals surface area contributed by atoms with Crippen molar-refractivity contribution >= 4 is 35.1 Å². The van der Waals surface area contributed by atoms with Crippen LogP contribution in [0.15, 0.2) is 36.9 Å². The Balaban J connectivity index is 2.01. The molecule has 0 aliphatic carbocycles. The molecule has 0 bridgehead atoms. The second kappa shape index (κ2) is 9.65. The van der Waals surface area contributed by atoms with E-state index in [1.54, 1.807) is 43.1 Å². The number of fused-ring (bicyclic) bond motifs is 1. The molecule has 9 nitrogen and oxygen atoms in total. The number of imide groups is 1. The lowest BCUT2D eigenvalue weighted by molar-refractivity contribution is -0.122. The van der Waals surface area contributed by atoms with E-state index in [2.05, 4.69) is 22.5 Å². The van der Waals surface area contributed by atoms with E-state index in [1.165, 1.54) is 11.0 Å². The maximum atomic E-state index is 12.9. The number of benzene rings is 1. The number of hydrogen-bond donors (Lipinski definition) is 3. The van der Waals surface area contributed by atoms with Gasteiger partial charge in [0.15, 0.2) is 0 Å². The average Bonchev–Trinajstić information content (AvgIpc) is 2.73. The van der Waals surface area contributed by atoms with Crippen molar-refractivity contribution in [2.45, 2.75) is 19.4 Å². The van der Waals surface area contributed by atoms with Crippen molar-refractivity contribution in [3.63, 3.8) is 0 Å². The first kappa shape index (κ1) is 21.1. The summed E-state index contributed by atoms with van der Waals surface area (Å²) in [6.45, 7) is 5.33. The van der Waals surface area contributed by atoms with Crippen molar-refractivity contribution in [2.24, 2.45) is 0 Å². The van der Waals surface area contributed by atoms with Crippen LogP contribution >= 0.6 is 0 Å². The van der Waals surface area contributed by atoms with Crippen LogP contribution in [0, 0.1) is 0 Å². The number of nitrogens with one attached hydrogen (secondary N) is 3. The summed E-state index contributed by atoms with van der Waals surface area (Å²) in [5, 5.41) is 7.42. The minimum atomic E-state index is -0.621. The molecule has 0 saturated carbocycles. The summed E-state index contributed by atoms with van der Waals surface area (Å²) < 4.78 is 0. The maximum absolute atomic E-state index is 12.9. The van der Waals surface area contributed by atoms with Crippen molar-refractivity contribution in [3.05, 3.63) is 36.9 Å². The molecule has 9 heteroatoms. The highest BCUT2D eigenvalue weighted by atomic mass is 16.2. The fourth-order valence-corrected chi connectivity index (χ4v) is 2.95. The predicted octanol–water partition coefficient (Wildman–Crippen LogP) is 0.694. The Morgan fingerprint density at radius 2 is 2.04 bits per heavy atom. The number of nitrogens with zero attached hydrogens (tertiary/aromatic N) is 2. The Hall–Kier alpha value is -3.20. The third-order valence-corrected chi connectivity index (χ3v) is 4.11. The van der Waals surface area contributed by atoms with Crippen LogP contribution in [0.1, 0.15) is 13.3 Å². The lowest BCUT2D eigenvalue weighted by atomic mass is 10.1. The molecule has 5 amide bonds. The molecular formula is C19H25N5O4. The highest BCUT2D eigenvalue weighted by molar-refractivity contribution is 6.05. The smallest absolute Gasteiger partial charge is 0.321 e. The van der Waals surface area contributed by atoms with Gasteiger partial charge in [-0.25, -0.2) is 4.79 Å². The Bertz CT molecular complexity index is 779. The average molecular weight is 387 g/mol. The van der Waals surface area contributed by atoms with Crippen LogP contribution in [0.25, 0.3) is 0 Å². The van der Waals surface area contributed by atoms with Crippen LogP contribution in [0.4, 0.5) is 16.2 Å². The van der Waals surface area contributed by atoms with Crippen LogP contribution in [-0.2, 0) is 14.4 Å². The van der Waals surface area contributed by atoms with Crippen molar-refractivity contribution in [1.82, 2.24) is 15.5 Å². The Morgan fingerprint density at radius 1 is 1.32 bits per heavy atom. The van der Waals surface area contributed by atoms with Crippen molar-refractivity contribution in [2.75, 3.05) is 36.9 Å². The molecule has 1 aromatic rings. The second-order valence-corrected chi connectivity index (χ2v) is 6.60. The van der Waals surface area contributed by atoms with E-state index in [0.717, 1.165) is 0 Å². The van der Waals surface area contributed by atoms with Crippen LogP contribution in [0.2, 0.25) is 0 Å². The van der Waals surface area contributed by atoms with Gasteiger partial charge in [-0.3, -0.25) is 24.6 Å². The van der Waals surface area contributed by atoms with Gasteiger partial charge in [-0.2, -0.15) is 0 Å². The van der Waals surface area contributed by atoms with Gasteiger partial charge < -0.3 is 15.5 Å². The molecule has 0 fully saturated rings. The highest BCUT2D eigenvalue weighted by Crippen LogP contribution is 2.31. The third-order valence-electron chi connectivity index (χ3n) is 4.11. The molecule has 1 aliphatic rings. The molecule has 28 heavy (non-hydrogen) atoms. The monoisotopic (exact) mass is 387 g/mol. The lowest BCUT2D eigenvalue weighted by Gasteiger charge is -2.29. The van der Waals surface area contributed by atoms with E-state index in [4.69, 9.17) is 0 Å². The topological polar surface area (TPSA) is 111 Å². The number of carbonyl (C=O) groups is 4. The standard InChI is InChI=1S/C19H25N5O4/c1-4-9-20-19(28)22-17(26)11-23(3)12-18(27)24-13(2)10-16(25)21-14-7-5-6-8-15(14)24/h4-8,13H,1,9-12H2,2-3H3,(H,21,25)(H2,20,22,26,28). The molecule has 1 aromatic carbocycles. The lowest BCUT2D eigenvalue weighted by Crippen LogP contribution is -2.48. The summed E-state index contributed by atoms with van der Waals surface area (Å²) >= 11 is 0. The largest absolute Gasteiger partial charge is 0.334 e. The second-order valence-electron chi connectivity index (χ2n) is 6.60. The van der Waals surface area contributed by atoms with E-state index in [-0.39, 0.29) is 43.9 Å². The number of para-hydroxylation sites is 2. The summed E-state index contributed by atoms with van der Waals surface area (Å²) in [6, 6.07) is 6.14. The first-order chi connectivity index (χ1) is 13.3. The van der Waals surface area contributed by atoms with E-state index >= 15 is 0 Å². The zero-order chi connectivity index (χ0) is 20.7. The summed E-state index contributed by atoms with van der Waals surface area (Å²) in [5.74, 6) is -0.936. The molecule has 1 heterocycles. The molecule has 2 rings (SSSR count). The first-order valence-corrected chi connectivity index (χ1v) is 8.90. The molecule has 0 spiro atoms. The molecule has 0 aromatic heterocycles. The highest BCUT2D eigenvalue weighted by Gasteiger charge is 2.30. The summed E-state index contributed by atoms with van der Waals surface area (Å²) in [6.07, 6.45) is 1.67. The van der Waals surface area contributed by atoms with Gasteiger partial charge in [-0.1, -0.05) is 18.2 Å². The number of carbonyl (C=O) groups excluding carboxylic acids is 4. The minimum absolute atomic E-state index is 0.0471. The quantitative estimate of drug-likeness (QED) is 0.622. The summed E-state index contributed by atoms with van der Waals surface area (Å²) in [7, 11) is 1.61. The van der Waals surface area contributed by atoms with Crippen molar-refractivity contribution in [1.29, 1.82) is 0 Å². The number of rotatable bonds is 6. The molecule has 1 atom stereocenters. The normalized spacial score (nSPS) is 15.9. The van der Waals surface area contributed by atoms with Crippen LogP contribution in [0.3, 0.4) is 0 Å². The van der Waals surface area contributed by atoms with Gasteiger partial charge in [0.25, 0.3) is 0 Å². The Kier molecular flexibility index (Phi) is 7.28. The number of urea groups is 1. The van der Waals surface area contributed by atoms with Gasteiger partial charge in [-0.05, 0) is 26.1 Å². The number of anilines is 2. The number of hydrogen-bond acceptors (Lipinski definition) is 5. The minimum Gasteiger partial charge on any atom is -0.334 e. The maximum Gasteiger partial charge on any atom is 0.321 e. The molecule has 3 N–H and O–H groups in total. The zero-order valence-corrected chi connectivity index (χ0v) is 16.0. The molecule has 0 radical (unpaired) electrons. The van der Waals surface area contributed by atoms with E-state index < -0.39 is 11.9 Å². The SMILES string of the molecule is C=CCNC(=O)NC(=O)CN(C)CC(=O)N1c2ccccc2NC(=O)CC1C. The van der Waals surface area contributed by atoms with Crippen molar-refractivity contribution in [3.8, 4) is 0 Å². The first-order valence-electron chi connectivity index (χ1n) is 8.90. The van der Waals surface area contributed by atoms with Crippen LogP contribution < -0.4 is 20.9 Å². The number of amides is 5. The van der Waals surface area contributed by atoms with Gasteiger partial charge in [-0.15, -0.1) is 6.58 Å². The van der Waals surface area contributed by atoms with Gasteiger partial charge in [0.2, 0.25) is 17.7 Å². The van der Waals surface area contributed by atoms with Crippen LogP contribution in [-0.4, -0.2) is 61.4 Å². The molecule has 1 aliphatic heterocycles. The van der Waals surface area contributed by atoms with E-state index in [0.29, 0.717) is 11.4 Å². The summed E-state index contributed by atoms with van der Waals surface area (Å²) in [5.41, 5.74) is 1.19. The number of likely N-dealkylation sites (N-methyl/N-ethyl adjacent to an activating group) is 1. The fourth-order valence-electron chi connectivity index (χ4n) is 2.95. The van der Waals surface area contributed by atoms with Gasteiger partial charge in [0.1, 0.15) is 0 Å². The Morgan fingerprint density at radius 3 is 2.75 bits per heavy atom. The fraction of sp³-hybridized carbons (Fsp3) is 0.368. The summed E-state index contributed by atoms with van der Waals surface area (Å²) in [4.78, 5) is 51.4. The molecule has 0 saturated heterocycles. The van der Waals surface area contributed by atoms with Gasteiger partial charge in [0, 0.05) is 19.0 Å². The van der Waals surface area contributed by atoms with E-state index in [1.807, 2.05) is 0 Å². The van der Waals surface area contributed by atoms with Crippen LogP contribution in [0.5, 0.6) is 0 Å². The van der Waals surface area contributed by atoms with Gasteiger partial charge in [0.05, 0.1) is 24.5 Å². The zero-order valence-electron chi connectivity index (χ0n) is 16.0. The Labute approximate surface area is 163 Å². The third kappa shape index (κ3) is 5.65. The molecular weight excluding hydrogens is 362 g/mol. The predicted molar refractivity (Wildman–Crippen MR) is 106 cm³/mol. The molecule has 1 unspecified atom stereocenters. The van der Waals surface area contributed by atoms with Crippen molar-refractivity contribution < 1.29 is 19.2 Å². The van der Waals surface area contributed by atoms with Gasteiger partial charge >= 0.3 is 6.03 Å². The van der Waals surface area contributed by atoms with E-state index in [9.17, 15) is 19.2 Å².